The Balaban J connectivity index is 3.10. The van der Waals surface area contributed by atoms with E-state index in [1.165, 1.54) is 0 Å². The summed E-state index contributed by atoms with van der Waals surface area (Å²) in [5.41, 5.74) is 0. The van der Waals surface area contributed by atoms with Crippen LogP contribution < -0.4 is 0 Å². The first-order valence-corrected chi connectivity index (χ1v) is 11.0. The highest BCUT2D eigenvalue weighted by Gasteiger charge is 2.04. The van der Waals surface area contributed by atoms with Crippen LogP contribution in [0.15, 0.2) is 0 Å². The lowest BCUT2D eigenvalue weighted by Gasteiger charge is -2.12. The van der Waals surface area contributed by atoms with Crippen LogP contribution >= 0.6 is 0 Å². The molecule has 8 nitrogen and oxygen atoms in total. The van der Waals surface area contributed by atoms with Crippen molar-refractivity contribution in [3.63, 3.8) is 0 Å². The fraction of sp³-hybridized carbons (Fsp3) is 1.00. The molecule has 0 aliphatic rings. The number of rotatable bonds is 25. The topological polar surface area (TPSA) is 84.8 Å². The van der Waals surface area contributed by atoms with Gasteiger partial charge >= 0.3 is 0 Å². The molecule has 176 valence electrons. The highest BCUT2D eigenvalue weighted by molar-refractivity contribution is 4.51. The van der Waals surface area contributed by atoms with Crippen molar-refractivity contribution in [3.05, 3.63) is 0 Å². The quantitative estimate of drug-likeness (QED) is 0.223. The van der Waals surface area contributed by atoms with E-state index in [1.807, 2.05) is 0 Å². The largest absolute Gasteiger partial charge is 0.388 e. The fourth-order valence-corrected chi connectivity index (χ4v) is 2.08. The zero-order chi connectivity index (χ0) is 21.3. The van der Waals surface area contributed by atoms with E-state index in [0.717, 1.165) is 38.9 Å². The monoisotopic (exact) mass is 424 g/mol. The van der Waals surface area contributed by atoms with Crippen LogP contribution in [0.25, 0.3) is 0 Å². The van der Waals surface area contributed by atoms with E-state index < -0.39 is 6.10 Å². The van der Waals surface area contributed by atoms with Gasteiger partial charge in [-0.15, -0.1) is 0 Å². The smallest absolute Gasteiger partial charge is 0.101 e. The normalized spacial score (nSPS) is 12.5. The number of hydrogen-bond acceptors (Lipinski definition) is 8. The predicted octanol–water partition coefficient (Wildman–Crippen LogP) is 2.06. The number of ether oxygens (including phenoxy) is 7. The van der Waals surface area contributed by atoms with Crippen molar-refractivity contribution in [3.8, 4) is 0 Å². The molecule has 0 aliphatic carbocycles. The van der Waals surface area contributed by atoms with Crippen LogP contribution in [0.1, 0.15) is 39.5 Å². The number of unbranched alkanes of at least 4 members (excludes halogenated alkanes) is 2. The van der Waals surface area contributed by atoms with Crippen molar-refractivity contribution in [1.29, 1.82) is 0 Å². The SMILES string of the molecule is CCCCOCCOCCOCCOCCOC[C@@H](O)COCCOCCCC. The summed E-state index contributed by atoms with van der Waals surface area (Å²) < 4.78 is 37.7. The van der Waals surface area contributed by atoms with E-state index in [1.54, 1.807) is 0 Å². The van der Waals surface area contributed by atoms with Crippen LogP contribution in [0.5, 0.6) is 0 Å². The molecule has 0 radical (unpaired) electrons. The average molecular weight is 425 g/mol. The summed E-state index contributed by atoms with van der Waals surface area (Å²) in [7, 11) is 0. The Bertz CT molecular complexity index is 294. The summed E-state index contributed by atoms with van der Waals surface area (Å²) in [6, 6.07) is 0. The molecule has 0 saturated heterocycles. The van der Waals surface area contributed by atoms with E-state index in [9.17, 15) is 5.11 Å². The van der Waals surface area contributed by atoms with E-state index in [4.69, 9.17) is 33.2 Å². The zero-order valence-electron chi connectivity index (χ0n) is 18.6. The van der Waals surface area contributed by atoms with Crippen LogP contribution in [0.3, 0.4) is 0 Å². The fourth-order valence-electron chi connectivity index (χ4n) is 2.08. The molecule has 0 fully saturated rings. The van der Waals surface area contributed by atoms with Gasteiger partial charge in [-0.25, -0.2) is 0 Å². The molecule has 1 N–H and O–H groups in total. The lowest BCUT2D eigenvalue weighted by molar-refractivity contribution is -0.0460. The third kappa shape index (κ3) is 25.6. The van der Waals surface area contributed by atoms with Gasteiger partial charge in [0.15, 0.2) is 0 Å². The van der Waals surface area contributed by atoms with Crippen molar-refractivity contribution in [1.82, 2.24) is 0 Å². The van der Waals surface area contributed by atoms with Gasteiger partial charge in [0.2, 0.25) is 0 Å². The third-order valence-corrected chi connectivity index (χ3v) is 3.76. The minimum atomic E-state index is -0.633. The summed E-state index contributed by atoms with van der Waals surface area (Å²) in [4.78, 5) is 0. The maximum Gasteiger partial charge on any atom is 0.101 e. The van der Waals surface area contributed by atoms with E-state index in [0.29, 0.717) is 66.1 Å². The second-order valence-electron chi connectivity index (χ2n) is 6.57. The van der Waals surface area contributed by atoms with Gasteiger partial charge in [0.1, 0.15) is 6.10 Å². The van der Waals surface area contributed by atoms with Crippen molar-refractivity contribution in [2.75, 3.05) is 92.5 Å². The van der Waals surface area contributed by atoms with Crippen LogP contribution in [-0.4, -0.2) is 104 Å². The van der Waals surface area contributed by atoms with Crippen LogP contribution in [0, 0.1) is 0 Å². The Hall–Kier alpha value is -0.320. The van der Waals surface area contributed by atoms with E-state index >= 15 is 0 Å². The first kappa shape index (κ1) is 28.7. The zero-order valence-corrected chi connectivity index (χ0v) is 18.6. The Labute approximate surface area is 177 Å². The van der Waals surface area contributed by atoms with Gasteiger partial charge in [0, 0.05) is 13.2 Å². The lowest BCUT2D eigenvalue weighted by atomic mass is 10.4. The second kappa shape index (κ2) is 25.7. The Morgan fingerprint density at radius 1 is 0.448 bits per heavy atom. The Morgan fingerprint density at radius 2 is 0.724 bits per heavy atom. The molecule has 0 aromatic heterocycles. The van der Waals surface area contributed by atoms with E-state index in [-0.39, 0.29) is 13.2 Å². The van der Waals surface area contributed by atoms with Gasteiger partial charge in [0.05, 0.1) is 79.3 Å². The number of aliphatic hydroxyl groups is 1. The summed E-state index contributed by atoms with van der Waals surface area (Å²) in [5.74, 6) is 0. The molecular weight excluding hydrogens is 380 g/mol. The first-order chi connectivity index (χ1) is 14.3. The van der Waals surface area contributed by atoms with Gasteiger partial charge in [-0.3, -0.25) is 0 Å². The minimum Gasteiger partial charge on any atom is -0.388 e. The summed E-state index contributed by atoms with van der Waals surface area (Å²) in [6.45, 7) is 11.6. The van der Waals surface area contributed by atoms with Crippen LogP contribution in [0.2, 0.25) is 0 Å². The molecule has 0 aromatic carbocycles. The van der Waals surface area contributed by atoms with Crippen molar-refractivity contribution < 1.29 is 38.3 Å². The molecule has 0 aromatic rings. The highest BCUT2D eigenvalue weighted by atomic mass is 16.6. The standard InChI is InChI=1S/C21H44O8/c1-3-5-7-23-9-10-25-11-12-26-13-14-27-16-18-29-20-21(22)19-28-17-15-24-8-6-4-2/h21-22H,3-20H2,1-2H3/t21-/m0/s1. The second-order valence-corrected chi connectivity index (χ2v) is 6.57. The Kier molecular flexibility index (Phi) is 25.4. The van der Waals surface area contributed by atoms with Gasteiger partial charge in [-0.1, -0.05) is 26.7 Å². The molecule has 0 heterocycles. The Morgan fingerprint density at radius 3 is 1.03 bits per heavy atom. The van der Waals surface area contributed by atoms with Gasteiger partial charge in [-0.2, -0.15) is 0 Å². The van der Waals surface area contributed by atoms with Crippen molar-refractivity contribution in [2.45, 2.75) is 45.6 Å². The predicted molar refractivity (Wildman–Crippen MR) is 112 cm³/mol. The third-order valence-electron chi connectivity index (χ3n) is 3.76. The van der Waals surface area contributed by atoms with Crippen molar-refractivity contribution >= 4 is 0 Å². The molecule has 29 heavy (non-hydrogen) atoms. The molecular formula is C21H44O8. The maximum absolute atomic E-state index is 9.73. The lowest BCUT2D eigenvalue weighted by Crippen LogP contribution is -2.24. The van der Waals surface area contributed by atoms with Gasteiger partial charge < -0.3 is 38.3 Å². The molecule has 0 unspecified atom stereocenters. The molecule has 1 atom stereocenters. The number of aliphatic hydroxyl groups excluding tert-OH is 1. The average Bonchev–Trinajstić information content (AvgIpc) is 2.72. The maximum atomic E-state index is 9.73. The van der Waals surface area contributed by atoms with Crippen LogP contribution in [0.4, 0.5) is 0 Å². The van der Waals surface area contributed by atoms with Crippen molar-refractivity contribution in [2.24, 2.45) is 0 Å². The molecule has 8 heteroatoms. The highest BCUT2D eigenvalue weighted by Crippen LogP contribution is 1.91. The number of hydrogen-bond donors (Lipinski definition) is 1. The van der Waals surface area contributed by atoms with Gasteiger partial charge in [-0.05, 0) is 12.8 Å². The van der Waals surface area contributed by atoms with Crippen LogP contribution in [-0.2, 0) is 33.2 Å². The summed E-state index contributed by atoms with van der Waals surface area (Å²) >= 11 is 0. The first-order valence-electron chi connectivity index (χ1n) is 11.0. The minimum absolute atomic E-state index is 0.232. The molecule has 0 rings (SSSR count). The van der Waals surface area contributed by atoms with Gasteiger partial charge in [0.25, 0.3) is 0 Å². The molecule has 0 aliphatic heterocycles. The molecule has 0 saturated carbocycles. The summed E-state index contributed by atoms with van der Waals surface area (Å²) in [6.07, 6.45) is 3.80. The molecule has 0 amide bonds. The van der Waals surface area contributed by atoms with E-state index in [2.05, 4.69) is 13.8 Å². The molecule has 0 bridgehead atoms. The summed E-state index contributed by atoms with van der Waals surface area (Å²) in [5, 5.41) is 9.73. The molecule has 0 spiro atoms.